The third-order valence-electron chi connectivity index (χ3n) is 10.3. The van der Waals surface area contributed by atoms with Crippen LogP contribution in [0.25, 0.3) is 42.1 Å². The molecule has 9 aromatic rings. The summed E-state index contributed by atoms with van der Waals surface area (Å²) in [7, 11) is 0. The van der Waals surface area contributed by atoms with E-state index in [1.807, 2.05) is 11.3 Å². The van der Waals surface area contributed by atoms with Crippen molar-refractivity contribution in [1.82, 2.24) is 0 Å². The van der Waals surface area contributed by atoms with Gasteiger partial charge in [0.25, 0.3) is 0 Å². The minimum Gasteiger partial charge on any atom is -0.310 e. The van der Waals surface area contributed by atoms with Gasteiger partial charge in [0, 0.05) is 36.9 Å². The Morgan fingerprint density at radius 1 is 0.388 bits per heavy atom. The average molecular weight is 642 g/mol. The van der Waals surface area contributed by atoms with E-state index in [1.165, 1.54) is 64.3 Å². The molecule has 1 heterocycles. The predicted octanol–water partition coefficient (Wildman–Crippen LogP) is 13.0. The molecule has 1 aliphatic rings. The van der Waals surface area contributed by atoms with Crippen LogP contribution >= 0.6 is 11.3 Å². The Kier molecular flexibility index (Phi) is 6.34. The predicted molar refractivity (Wildman–Crippen MR) is 209 cm³/mol. The largest absolute Gasteiger partial charge is 0.310 e. The van der Waals surface area contributed by atoms with Gasteiger partial charge in [-0.1, -0.05) is 146 Å². The molecule has 0 fully saturated rings. The van der Waals surface area contributed by atoms with E-state index in [0.29, 0.717) is 0 Å². The highest BCUT2D eigenvalue weighted by Gasteiger charge is 2.46. The summed E-state index contributed by atoms with van der Waals surface area (Å²) < 4.78 is 2.62. The summed E-state index contributed by atoms with van der Waals surface area (Å²) in [5, 5.41) is 5.04. The monoisotopic (exact) mass is 641 g/mol. The molecule has 10 rings (SSSR count). The fourth-order valence-corrected chi connectivity index (χ4v) is 9.34. The maximum atomic E-state index is 2.47. The van der Waals surface area contributed by atoms with Crippen LogP contribution in [0, 0.1) is 0 Å². The number of hydrogen-bond acceptors (Lipinski definition) is 2. The highest BCUT2D eigenvalue weighted by molar-refractivity contribution is 7.25. The second kappa shape index (κ2) is 11.1. The maximum Gasteiger partial charge on any atom is 0.0714 e. The number of fused-ring (bicyclic) bond motifs is 7. The maximum absolute atomic E-state index is 2.47. The Hall–Kier alpha value is -5.96. The lowest BCUT2D eigenvalue weighted by molar-refractivity contribution is 0.768. The molecule has 49 heavy (non-hydrogen) atoms. The van der Waals surface area contributed by atoms with E-state index in [0.717, 1.165) is 17.1 Å². The molecule has 1 aromatic heterocycles. The van der Waals surface area contributed by atoms with Crippen molar-refractivity contribution in [2.75, 3.05) is 4.90 Å². The Morgan fingerprint density at radius 3 is 1.80 bits per heavy atom. The van der Waals surface area contributed by atoms with Gasteiger partial charge in [-0.25, -0.2) is 0 Å². The topological polar surface area (TPSA) is 3.24 Å². The third-order valence-corrected chi connectivity index (χ3v) is 11.5. The number of rotatable bonds is 5. The molecule has 0 bridgehead atoms. The molecule has 0 atom stereocenters. The molecule has 0 amide bonds. The molecule has 230 valence electrons. The lowest BCUT2D eigenvalue weighted by atomic mass is 9.67. The molecule has 0 radical (unpaired) electrons. The number of thiophene rings is 1. The molecular formula is C47H31NS. The van der Waals surface area contributed by atoms with Gasteiger partial charge >= 0.3 is 0 Å². The quantitative estimate of drug-likeness (QED) is 0.181. The second-order valence-corrected chi connectivity index (χ2v) is 14.0. The second-order valence-electron chi connectivity index (χ2n) is 12.9. The fraction of sp³-hybridized carbons (Fsp3) is 0.0213. The van der Waals surface area contributed by atoms with Crippen LogP contribution in [0.5, 0.6) is 0 Å². The van der Waals surface area contributed by atoms with Crippen LogP contribution in [0.4, 0.5) is 17.1 Å². The zero-order chi connectivity index (χ0) is 32.4. The Morgan fingerprint density at radius 2 is 0.980 bits per heavy atom. The van der Waals surface area contributed by atoms with E-state index in [1.54, 1.807) is 0 Å². The summed E-state index contributed by atoms with van der Waals surface area (Å²) in [6.07, 6.45) is 0. The van der Waals surface area contributed by atoms with Crippen molar-refractivity contribution in [1.29, 1.82) is 0 Å². The standard InChI is InChI=1S/C47H31NS/c1-3-16-33(17-4-1)47(34-18-5-2-6-19-34)42-23-11-9-21-38(42)39-28-26-36(31-43(39)47)48(44-24-13-15-32-14-7-8-20-37(32)44)35-27-29-46-41(30-35)40-22-10-12-25-45(40)49-46/h1-31H. The van der Waals surface area contributed by atoms with Gasteiger partial charge < -0.3 is 4.90 Å². The van der Waals surface area contributed by atoms with Crippen molar-refractivity contribution in [3.05, 3.63) is 210 Å². The third kappa shape index (κ3) is 4.18. The SMILES string of the molecule is c1ccc(C2(c3ccccc3)c3ccccc3-c3ccc(N(c4ccc5sc6ccccc6c5c4)c4cccc5ccccc45)cc32)cc1. The van der Waals surface area contributed by atoms with Crippen molar-refractivity contribution in [2.45, 2.75) is 5.41 Å². The lowest BCUT2D eigenvalue weighted by Gasteiger charge is -2.35. The van der Waals surface area contributed by atoms with Gasteiger partial charge in [-0.15, -0.1) is 11.3 Å². The minimum atomic E-state index is -0.470. The average Bonchev–Trinajstić information content (AvgIpc) is 3.69. The van der Waals surface area contributed by atoms with Gasteiger partial charge in [-0.05, 0) is 81.2 Å². The molecule has 1 aliphatic carbocycles. The van der Waals surface area contributed by atoms with Gasteiger partial charge in [-0.3, -0.25) is 0 Å². The van der Waals surface area contributed by atoms with Crippen molar-refractivity contribution < 1.29 is 0 Å². The molecule has 0 saturated heterocycles. The van der Waals surface area contributed by atoms with Gasteiger partial charge in [0.1, 0.15) is 0 Å². The van der Waals surface area contributed by atoms with Crippen LogP contribution in [0.15, 0.2) is 188 Å². The Labute approximate surface area is 290 Å². The fourth-order valence-electron chi connectivity index (χ4n) is 8.26. The number of anilines is 3. The van der Waals surface area contributed by atoms with Crippen LogP contribution in [-0.2, 0) is 5.41 Å². The zero-order valence-electron chi connectivity index (χ0n) is 26.8. The zero-order valence-corrected chi connectivity index (χ0v) is 27.6. The van der Waals surface area contributed by atoms with Crippen LogP contribution in [-0.4, -0.2) is 0 Å². The van der Waals surface area contributed by atoms with Crippen molar-refractivity contribution in [3.63, 3.8) is 0 Å². The normalized spacial score (nSPS) is 13.1. The Bertz CT molecular complexity index is 2630. The first-order chi connectivity index (χ1) is 24.3. The van der Waals surface area contributed by atoms with Crippen molar-refractivity contribution in [2.24, 2.45) is 0 Å². The summed E-state index contributed by atoms with van der Waals surface area (Å²) in [4.78, 5) is 2.47. The first kappa shape index (κ1) is 28.1. The van der Waals surface area contributed by atoms with Crippen molar-refractivity contribution >= 4 is 59.3 Å². The van der Waals surface area contributed by atoms with Crippen LogP contribution in [0.1, 0.15) is 22.3 Å². The van der Waals surface area contributed by atoms with E-state index in [2.05, 4.69) is 193 Å². The van der Waals surface area contributed by atoms with E-state index >= 15 is 0 Å². The van der Waals surface area contributed by atoms with Gasteiger partial charge in [0.2, 0.25) is 0 Å². The van der Waals surface area contributed by atoms with E-state index < -0.39 is 5.41 Å². The number of hydrogen-bond donors (Lipinski definition) is 0. The minimum absolute atomic E-state index is 0.470. The van der Waals surface area contributed by atoms with Gasteiger partial charge in [-0.2, -0.15) is 0 Å². The highest BCUT2D eigenvalue weighted by Crippen LogP contribution is 2.57. The van der Waals surface area contributed by atoms with Crippen molar-refractivity contribution in [3.8, 4) is 11.1 Å². The van der Waals surface area contributed by atoms with Crippen LogP contribution in [0.3, 0.4) is 0 Å². The first-order valence-corrected chi connectivity index (χ1v) is 17.7. The summed E-state index contributed by atoms with van der Waals surface area (Å²) in [5.74, 6) is 0. The molecule has 1 nitrogen and oxygen atoms in total. The van der Waals surface area contributed by atoms with Gasteiger partial charge in [0.15, 0.2) is 0 Å². The Balaban J connectivity index is 1.29. The van der Waals surface area contributed by atoms with E-state index in [4.69, 9.17) is 0 Å². The van der Waals surface area contributed by atoms with E-state index in [-0.39, 0.29) is 0 Å². The summed E-state index contributed by atoms with van der Waals surface area (Å²) in [6.45, 7) is 0. The summed E-state index contributed by atoms with van der Waals surface area (Å²) in [5.41, 5.74) is 10.7. The number of benzene rings is 8. The van der Waals surface area contributed by atoms with Crippen LogP contribution in [0.2, 0.25) is 0 Å². The van der Waals surface area contributed by atoms with Gasteiger partial charge in [0.05, 0.1) is 11.1 Å². The summed E-state index contributed by atoms with van der Waals surface area (Å²) in [6, 6.07) is 69.4. The molecule has 0 aliphatic heterocycles. The molecule has 0 N–H and O–H groups in total. The molecule has 0 unspecified atom stereocenters. The molecule has 0 spiro atoms. The first-order valence-electron chi connectivity index (χ1n) is 16.9. The molecule has 8 aromatic carbocycles. The molecular weight excluding hydrogens is 611 g/mol. The van der Waals surface area contributed by atoms with Crippen LogP contribution < -0.4 is 4.90 Å². The highest BCUT2D eigenvalue weighted by atomic mass is 32.1. The molecule has 0 saturated carbocycles. The number of nitrogens with zero attached hydrogens (tertiary/aromatic N) is 1. The van der Waals surface area contributed by atoms with E-state index in [9.17, 15) is 0 Å². The molecule has 2 heteroatoms. The lowest BCUT2D eigenvalue weighted by Crippen LogP contribution is -2.28. The summed E-state index contributed by atoms with van der Waals surface area (Å²) >= 11 is 1.86. The smallest absolute Gasteiger partial charge is 0.0714 e.